The number of fused-ring (bicyclic) bond motifs is 7. The number of ether oxygens (including phenoxy) is 1. The molecule has 4 nitrogen and oxygen atoms in total. The lowest BCUT2D eigenvalue weighted by Crippen LogP contribution is -2.23. The van der Waals surface area contributed by atoms with Crippen LogP contribution < -0.4 is 9.64 Å². The monoisotopic (exact) mass is 580 g/mol. The van der Waals surface area contributed by atoms with E-state index < -0.39 is 0 Å². The van der Waals surface area contributed by atoms with Crippen LogP contribution in [0.3, 0.4) is 0 Å². The van der Waals surface area contributed by atoms with Crippen LogP contribution in [-0.2, 0) is 6.42 Å². The first-order valence-corrected chi connectivity index (χ1v) is 15.2. The van der Waals surface area contributed by atoms with Crippen LogP contribution in [0.15, 0.2) is 162 Å². The van der Waals surface area contributed by atoms with Gasteiger partial charge in [0, 0.05) is 28.6 Å². The lowest BCUT2D eigenvalue weighted by molar-refractivity contribution is 0.413. The molecule has 0 radical (unpaired) electrons. The Balaban J connectivity index is 1.21. The van der Waals surface area contributed by atoms with Gasteiger partial charge in [-0.2, -0.15) is 0 Å². The highest BCUT2D eigenvalue weighted by atomic mass is 16.5. The van der Waals surface area contributed by atoms with Crippen LogP contribution in [0, 0.1) is 0 Å². The van der Waals surface area contributed by atoms with E-state index in [1.54, 1.807) is 0 Å². The highest BCUT2D eigenvalue weighted by molar-refractivity contribution is 6.19. The van der Waals surface area contributed by atoms with E-state index in [4.69, 9.17) is 9.15 Å². The van der Waals surface area contributed by atoms with E-state index in [9.17, 15) is 0 Å². The van der Waals surface area contributed by atoms with Crippen LogP contribution in [0.25, 0.3) is 49.8 Å². The molecule has 214 valence electrons. The van der Waals surface area contributed by atoms with Crippen molar-refractivity contribution < 1.29 is 9.15 Å². The summed E-state index contributed by atoms with van der Waals surface area (Å²) in [4.78, 5) is 2.11. The molecule has 9 rings (SSSR count). The zero-order valence-corrected chi connectivity index (χ0v) is 24.5. The number of benzene rings is 6. The van der Waals surface area contributed by atoms with E-state index in [2.05, 4.69) is 119 Å². The molecule has 0 aliphatic carbocycles. The number of furan rings is 1. The summed E-state index contributed by atoms with van der Waals surface area (Å²) in [6.45, 7) is 4.35. The Labute approximate surface area is 260 Å². The molecular formula is C41H28N2O2. The number of anilines is 2. The van der Waals surface area contributed by atoms with Crippen molar-refractivity contribution in [3.63, 3.8) is 0 Å². The van der Waals surface area contributed by atoms with E-state index in [1.165, 1.54) is 10.9 Å². The van der Waals surface area contributed by atoms with Gasteiger partial charge in [0.05, 0.1) is 16.6 Å². The van der Waals surface area contributed by atoms with Gasteiger partial charge in [0.2, 0.25) is 5.71 Å². The number of hydrogen-bond donors (Lipinski definition) is 0. The summed E-state index contributed by atoms with van der Waals surface area (Å²) in [5, 5.41) is 3.47. The summed E-state index contributed by atoms with van der Waals surface area (Å²) in [7, 11) is 0. The summed E-state index contributed by atoms with van der Waals surface area (Å²) in [6.07, 6.45) is 0.734. The smallest absolute Gasteiger partial charge is 0.213 e. The minimum absolute atomic E-state index is 0.568. The number of aromatic nitrogens is 1. The van der Waals surface area contributed by atoms with Crippen molar-refractivity contribution in [3.8, 4) is 22.6 Å². The van der Waals surface area contributed by atoms with Crippen molar-refractivity contribution in [1.82, 2.24) is 4.57 Å². The van der Waals surface area contributed by atoms with Gasteiger partial charge >= 0.3 is 0 Å². The van der Waals surface area contributed by atoms with Crippen LogP contribution >= 0.6 is 0 Å². The largest absolute Gasteiger partial charge is 0.441 e. The molecule has 6 aromatic carbocycles. The highest BCUT2D eigenvalue weighted by Gasteiger charge is 2.24. The molecule has 0 N–H and O–H groups in total. The number of nitrogens with zero attached hydrogens (tertiary/aromatic N) is 2. The van der Waals surface area contributed by atoms with Gasteiger partial charge in [-0.15, -0.1) is 0 Å². The average Bonchev–Trinajstić information content (AvgIpc) is 3.61. The van der Waals surface area contributed by atoms with Crippen molar-refractivity contribution in [2.75, 3.05) is 4.90 Å². The fourth-order valence-electron chi connectivity index (χ4n) is 6.77. The van der Waals surface area contributed by atoms with Gasteiger partial charge in [-0.05, 0) is 83.4 Å². The first-order chi connectivity index (χ1) is 22.2. The van der Waals surface area contributed by atoms with Gasteiger partial charge in [0.25, 0.3) is 0 Å². The number of para-hydroxylation sites is 4. The Hall–Kier alpha value is -6.00. The molecule has 45 heavy (non-hydrogen) atoms. The molecule has 1 aliphatic heterocycles. The topological polar surface area (TPSA) is 30.5 Å². The van der Waals surface area contributed by atoms with Crippen LogP contribution in [0.4, 0.5) is 11.4 Å². The lowest BCUT2D eigenvalue weighted by Gasteiger charge is -2.31. The molecule has 0 atom stereocenters. The minimum Gasteiger partial charge on any atom is -0.441 e. The molecule has 1 aliphatic rings. The Morgan fingerprint density at radius 3 is 2.22 bits per heavy atom. The maximum atomic E-state index is 6.50. The molecule has 0 bridgehead atoms. The molecule has 8 aromatic rings. The molecule has 0 spiro atoms. The van der Waals surface area contributed by atoms with Crippen LogP contribution in [-0.4, -0.2) is 4.57 Å². The second-order valence-corrected chi connectivity index (χ2v) is 11.5. The fourth-order valence-corrected chi connectivity index (χ4v) is 6.77. The summed E-state index contributed by atoms with van der Waals surface area (Å²) < 4.78 is 15.1. The zero-order valence-electron chi connectivity index (χ0n) is 24.5. The van der Waals surface area contributed by atoms with Gasteiger partial charge in [-0.25, -0.2) is 0 Å². The number of hydrogen-bond acceptors (Lipinski definition) is 3. The number of rotatable bonds is 3. The van der Waals surface area contributed by atoms with Gasteiger partial charge in [-0.3, -0.25) is 9.47 Å². The summed E-state index contributed by atoms with van der Waals surface area (Å²) in [5.41, 5.74) is 10.6. The molecule has 0 unspecified atom stereocenters. The summed E-state index contributed by atoms with van der Waals surface area (Å²) >= 11 is 0. The molecule has 2 aromatic heterocycles. The van der Waals surface area contributed by atoms with E-state index >= 15 is 0 Å². The quantitative estimate of drug-likeness (QED) is 0.208. The fraction of sp³-hybridized carbons (Fsp3) is 0.0244. The maximum Gasteiger partial charge on any atom is 0.213 e. The summed E-state index contributed by atoms with van der Waals surface area (Å²) in [6, 6.07) is 50.7. The van der Waals surface area contributed by atoms with Gasteiger partial charge < -0.3 is 9.15 Å². The van der Waals surface area contributed by atoms with Gasteiger partial charge in [-0.1, -0.05) is 91.0 Å². The van der Waals surface area contributed by atoms with E-state index in [-0.39, 0.29) is 0 Å². The first kappa shape index (κ1) is 25.5. The third-order valence-electron chi connectivity index (χ3n) is 8.80. The molecular weight excluding hydrogens is 552 g/mol. The molecule has 0 fully saturated rings. The van der Waals surface area contributed by atoms with Gasteiger partial charge in [0.1, 0.15) is 11.3 Å². The Kier molecular flexibility index (Phi) is 5.69. The van der Waals surface area contributed by atoms with E-state index in [1.807, 2.05) is 42.5 Å². The molecule has 0 saturated carbocycles. The van der Waals surface area contributed by atoms with Crippen LogP contribution in [0.1, 0.15) is 11.1 Å². The van der Waals surface area contributed by atoms with Crippen molar-refractivity contribution >= 4 is 44.3 Å². The predicted molar refractivity (Wildman–Crippen MR) is 184 cm³/mol. The van der Waals surface area contributed by atoms with Crippen molar-refractivity contribution in [2.24, 2.45) is 0 Å². The Bertz CT molecular complexity index is 2410. The Morgan fingerprint density at radius 1 is 0.578 bits per heavy atom. The minimum atomic E-state index is 0.568. The molecule has 3 heterocycles. The van der Waals surface area contributed by atoms with Gasteiger partial charge in [0.15, 0.2) is 5.88 Å². The van der Waals surface area contributed by atoms with Crippen molar-refractivity contribution in [2.45, 2.75) is 6.42 Å². The Morgan fingerprint density at radius 2 is 1.31 bits per heavy atom. The SMILES string of the molecule is C=C1Oc2ccccc2Cc2cc(-c3cccc(-n4c5ccccc5c5c6ccccc6oc54)c3)ccc2N1c1ccccc1. The molecule has 0 amide bonds. The van der Waals surface area contributed by atoms with Crippen LogP contribution in [0.5, 0.6) is 5.75 Å². The maximum absolute atomic E-state index is 6.50. The van der Waals surface area contributed by atoms with Crippen LogP contribution in [0.2, 0.25) is 0 Å². The first-order valence-electron chi connectivity index (χ1n) is 15.2. The third-order valence-corrected chi connectivity index (χ3v) is 8.80. The average molecular weight is 581 g/mol. The second kappa shape index (κ2) is 10.0. The molecule has 4 heteroatoms. The summed E-state index contributed by atoms with van der Waals surface area (Å²) in [5.74, 6) is 1.40. The second-order valence-electron chi connectivity index (χ2n) is 11.5. The van der Waals surface area contributed by atoms with E-state index in [0.29, 0.717) is 5.88 Å². The standard InChI is InChI=1S/C41H28N2O2/c1-27-42(32-14-3-2-4-15-32)36-23-22-29(24-31(36)25-30-12-5-9-20-38(30)44-27)28-13-11-16-33(26-28)43-37-19-8-6-17-34(37)40-35-18-7-10-21-39(35)45-41(40)43/h2-24,26H,1,25H2. The predicted octanol–water partition coefficient (Wildman–Crippen LogP) is 10.8. The zero-order chi connectivity index (χ0) is 29.9. The normalized spacial score (nSPS) is 13.0. The third kappa shape index (κ3) is 4.07. The van der Waals surface area contributed by atoms with E-state index in [0.717, 1.165) is 73.5 Å². The highest BCUT2D eigenvalue weighted by Crippen LogP contribution is 2.42. The lowest BCUT2D eigenvalue weighted by atomic mass is 9.95. The molecule has 0 saturated heterocycles. The van der Waals surface area contributed by atoms with Crippen molar-refractivity contribution in [1.29, 1.82) is 0 Å². The van der Waals surface area contributed by atoms with Crippen molar-refractivity contribution in [3.05, 3.63) is 169 Å².